The number of H-pyrrole nitrogens is 1. The molecular formula is C20H19ClN2O7S. The molecule has 3 rings (SSSR count). The zero-order valence-corrected chi connectivity index (χ0v) is 18.0. The molecule has 31 heavy (non-hydrogen) atoms. The van der Waals surface area contributed by atoms with E-state index >= 15 is 0 Å². The fourth-order valence-corrected chi connectivity index (χ4v) is 4.61. The van der Waals surface area contributed by atoms with Crippen LogP contribution in [0.25, 0.3) is 10.9 Å². The molecule has 0 radical (unpaired) electrons. The summed E-state index contributed by atoms with van der Waals surface area (Å²) in [7, 11) is -4.46. The van der Waals surface area contributed by atoms with Crippen LogP contribution in [0, 0.1) is 0 Å². The third-order valence-electron chi connectivity index (χ3n) is 4.28. The van der Waals surface area contributed by atoms with Crippen molar-refractivity contribution < 1.29 is 22.7 Å². The minimum atomic E-state index is -4.46. The molecule has 0 fully saturated rings. The number of rotatable bonds is 8. The highest BCUT2D eigenvalue weighted by Gasteiger charge is 2.26. The van der Waals surface area contributed by atoms with Gasteiger partial charge < -0.3 is 9.47 Å². The maximum Gasteiger partial charge on any atom is 0.343 e. The molecule has 0 bridgehead atoms. The average molecular weight is 467 g/mol. The van der Waals surface area contributed by atoms with Gasteiger partial charge in [0.05, 0.1) is 24.1 Å². The van der Waals surface area contributed by atoms with Gasteiger partial charge in [-0.15, -0.1) is 0 Å². The molecule has 0 aliphatic rings. The van der Waals surface area contributed by atoms with E-state index < -0.39 is 21.3 Å². The average Bonchev–Trinajstić information content (AvgIpc) is 2.71. The number of para-hydroxylation sites is 1. The molecule has 1 aromatic heterocycles. The van der Waals surface area contributed by atoms with Gasteiger partial charge in [-0.1, -0.05) is 23.7 Å². The van der Waals surface area contributed by atoms with Crippen LogP contribution in [0.5, 0.6) is 5.75 Å². The topological polar surface area (TPSA) is 125 Å². The van der Waals surface area contributed by atoms with E-state index in [0.29, 0.717) is 10.4 Å². The first-order valence-corrected chi connectivity index (χ1v) is 11.1. The number of halogens is 1. The van der Waals surface area contributed by atoms with Crippen LogP contribution in [-0.4, -0.2) is 36.6 Å². The Labute approximate surface area is 182 Å². The monoisotopic (exact) mass is 466 g/mol. The predicted molar refractivity (Wildman–Crippen MR) is 114 cm³/mol. The summed E-state index contributed by atoms with van der Waals surface area (Å²) < 4.78 is 37.7. The summed E-state index contributed by atoms with van der Waals surface area (Å²) in [4.78, 5) is 37.8. The van der Waals surface area contributed by atoms with Gasteiger partial charge in [0.1, 0.15) is 10.6 Å². The van der Waals surface area contributed by atoms with E-state index in [1.54, 1.807) is 13.0 Å². The van der Waals surface area contributed by atoms with Crippen molar-refractivity contribution >= 4 is 38.5 Å². The SMILES string of the molecule is CCOC(=O)CCCOc1ccccc1S(=O)(=O)n1c(=O)[nH]c(=O)c2ccc(Cl)cc21. The predicted octanol–water partition coefficient (Wildman–Crippen LogP) is 2.30. The molecule has 0 aliphatic carbocycles. The van der Waals surface area contributed by atoms with E-state index in [9.17, 15) is 22.8 Å². The highest BCUT2D eigenvalue weighted by atomic mass is 35.5. The molecule has 2 aromatic carbocycles. The zero-order valence-electron chi connectivity index (χ0n) is 16.5. The lowest BCUT2D eigenvalue weighted by atomic mass is 10.2. The number of fused-ring (bicyclic) bond motifs is 1. The summed E-state index contributed by atoms with van der Waals surface area (Å²) in [5.74, 6) is -0.380. The van der Waals surface area contributed by atoms with Crippen molar-refractivity contribution in [2.24, 2.45) is 0 Å². The lowest BCUT2D eigenvalue weighted by Gasteiger charge is -2.14. The Morgan fingerprint density at radius 2 is 1.90 bits per heavy atom. The van der Waals surface area contributed by atoms with E-state index in [2.05, 4.69) is 0 Å². The second-order valence-corrected chi connectivity index (χ2v) is 8.59. The normalized spacial score (nSPS) is 11.4. The Morgan fingerprint density at radius 3 is 2.65 bits per heavy atom. The summed E-state index contributed by atoms with van der Waals surface area (Å²) in [5.41, 5.74) is -2.01. The second kappa shape index (κ2) is 9.36. The summed E-state index contributed by atoms with van der Waals surface area (Å²) in [6.45, 7) is 2.02. The number of hydrogen-bond acceptors (Lipinski definition) is 7. The Kier molecular flexibility index (Phi) is 6.81. The van der Waals surface area contributed by atoms with Gasteiger partial charge in [0.25, 0.3) is 15.6 Å². The molecule has 1 heterocycles. The van der Waals surface area contributed by atoms with Crippen LogP contribution in [0.15, 0.2) is 56.9 Å². The van der Waals surface area contributed by atoms with Crippen molar-refractivity contribution in [3.8, 4) is 5.75 Å². The number of carbonyl (C=O) groups excluding carboxylic acids is 1. The molecule has 0 saturated carbocycles. The summed E-state index contributed by atoms with van der Waals surface area (Å²) in [5, 5.41) is 0.144. The fourth-order valence-electron chi connectivity index (χ4n) is 2.94. The molecule has 11 heteroatoms. The minimum Gasteiger partial charge on any atom is -0.492 e. The summed E-state index contributed by atoms with van der Waals surface area (Å²) in [6, 6.07) is 9.75. The molecule has 1 N–H and O–H groups in total. The molecule has 164 valence electrons. The van der Waals surface area contributed by atoms with E-state index in [1.165, 1.54) is 36.4 Å². The molecular weight excluding hydrogens is 448 g/mol. The summed E-state index contributed by atoms with van der Waals surface area (Å²) in [6.07, 6.45) is 0.426. The van der Waals surface area contributed by atoms with E-state index in [0.717, 1.165) is 0 Å². The molecule has 0 unspecified atom stereocenters. The van der Waals surface area contributed by atoms with Gasteiger partial charge in [0.15, 0.2) is 0 Å². The maximum atomic E-state index is 13.4. The van der Waals surface area contributed by atoms with Crippen LogP contribution in [-0.2, 0) is 19.6 Å². The number of carbonyl (C=O) groups is 1. The van der Waals surface area contributed by atoms with Crippen molar-refractivity contribution in [1.82, 2.24) is 8.96 Å². The summed E-state index contributed by atoms with van der Waals surface area (Å²) >= 11 is 5.97. The van der Waals surface area contributed by atoms with Crippen LogP contribution < -0.4 is 16.0 Å². The van der Waals surface area contributed by atoms with Crippen LogP contribution in [0.1, 0.15) is 19.8 Å². The Hall–Kier alpha value is -3.11. The number of benzene rings is 2. The minimum absolute atomic E-state index is 0.000336. The van der Waals surface area contributed by atoms with Crippen LogP contribution >= 0.6 is 11.6 Å². The highest BCUT2D eigenvalue weighted by molar-refractivity contribution is 7.90. The Balaban J connectivity index is 2.01. The first-order valence-electron chi connectivity index (χ1n) is 9.33. The number of hydrogen-bond donors (Lipinski definition) is 1. The largest absolute Gasteiger partial charge is 0.492 e. The molecule has 0 spiro atoms. The van der Waals surface area contributed by atoms with E-state index in [1.807, 2.05) is 4.98 Å². The van der Waals surface area contributed by atoms with Gasteiger partial charge >= 0.3 is 11.7 Å². The first kappa shape index (κ1) is 22.6. The van der Waals surface area contributed by atoms with Gasteiger partial charge in [-0.3, -0.25) is 14.6 Å². The van der Waals surface area contributed by atoms with E-state index in [4.69, 9.17) is 21.1 Å². The number of nitrogens with zero attached hydrogens (tertiary/aromatic N) is 1. The van der Waals surface area contributed by atoms with Gasteiger partial charge in [0.2, 0.25) is 0 Å². The number of nitrogens with one attached hydrogen (secondary N) is 1. The van der Waals surface area contributed by atoms with Crippen LogP contribution in [0.2, 0.25) is 5.02 Å². The maximum absolute atomic E-state index is 13.4. The molecule has 3 aromatic rings. The zero-order chi connectivity index (χ0) is 22.6. The fraction of sp³-hybridized carbons (Fsp3) is 0.250. The third kappa shape index (κ3) is 4.80. The quantitative estimate of drug-likeness (QED) is 0.399. The number of esters is 1. The number of ether oxygens (including phenoxy) is 2. The standard InChI is InChI=1S/C20H19ClN2O7S/c1-2-29-18(24)8-5-11-30-16-6-3-4-7-17(16)31(27,28)23-15-12-13(21)9-10-14(15)19(25)22-20(23)26/h3-4,6-7,9-10,12H,2,5,8,11H2,1H3,(H,22,25,26). The Morgan fingerprint density at radius 1 is 1.16 bits per heavy atom. The Bertz CT molecular complexity index is 1350. The smallest absolute Gasteiger partial charge is 0.343 e. The third-order valence-corrected chi connectivity index (χ3v) is 6.26. The first-order chi connectivity index (χ1) is 14.8. The second-order valence-electron chi connectivity index (χ2n) is 6.39. The molecule has 0 aliphatic heterocycles. The molecule has 0 atom stereocenters. The van der Waals surface area contributed by atoms with Crippen LogP contribution in [0.3, 0.4) is 0 Å². The lowest BCUT2D eigenvalue weighted by molar-refractivity contribution is -0.143. The van der Waals surface area contributed by atoms with Gasteiger partial charge in [-0.2, -0.15) is 3.97 Å². The molecule has 0 saturated heterocycles. The number of aromatic amines is 1. The van der Waals surface area contributed by atoms with Crippen molar-refractivity contribution in [3.63, 3.8) is 0 Å². The van der Waals surface area contributed by atoms with Gasteiger partial charge in [-0.05, 0) is 43.7 Å². The molecule has 9 nitrogen and oxygen atoms in total. The number of aromatic nitrogens is 2. The highest BCUT2D eigenvalue weighted by Crippen LogP contribution is 2.27. The van der Waals surface area contributed by atoms with Crippen molar-refractivity contribution in [2.45, 2.75) is 24.7 Å². The van der Waals surface area contributed by atoms with Crippen molar-refractivity contribution in [2.75, 3.05) is 13.2 Å². The van der Waals surface area contributed by atoms with E-state index in [-0.39, 0.29) is 52.2 Å². The lowest BCUT2D eigenvalue weighted by Crippen LogP contribution is -2.34. The molecule has 0 amide bonds. The van der Waals surface area contributed by atoms with Gasteiger partial charge in [-0.25, -0.2) is 13.2 Å². The van der Waals surface area contributed by atoms with Crippen molar-refractivity contribution in [3.05, 3.63) is 68.3 Å². The van der Waals surface area contributed by atoms with Gasteiger partial charge in [0, 0.05) is 11.4 Å². The van der Waals surface area contributed by atoms with Crippen molar-refractivity contribution in [1.29, 1.82) is 0 Å². The van der Waals surface area contributed by atoms with Crippen LogP contribution in [0.4, 0.5) is 0 Å².